The zero-order valence-electron chi connectivity index (χ0n) is 7.81. The Balaban J connectivity index is 2.67. The highest BCUT2D eigenvalue weighted by atomic mass is 16.3. The molecule has 0 saturated heterocycles. The lowest BCUT2D eigenvalue weighted by Gasteiger charge is -2.17. The predicted molar refractivity (Wildman–Crippen MR) is 48.1 cm³/mol. The quantitative estimate of drug-likeness (QED) is 0.564. The Morgan fingerprint density at radius 1 is 1.62 bits per heavy atom. The van der Waals surface area contributed by atoms with Crippen molar-refractivity contribution in [1.82, 2.24) is 15.1 Å². The van der Waals surface area contributed by atoms with E-state index in [-0.39, 0.29) is 0 Å². The fourth-order valence-corrected chi connectivity index (χ4v) is 1.19. The fraction of sp³-hybridized carbons (Fsp3) is 0.625. The van der Waals surface area contributed by atoms with Crippen LogP contribution in [-0.2, 0) is 7.05 Å². The molecule has 0 aromatic carbocycles. The van der Waals surface area contributed by atoms with Crippen LogP contribution in [0.2, 0.25) is 0 Å². The average molecular weight is 185 g/mol. The van der Waals surface area contributed by atoms with E-state index in [4.69, 9.17) is 0 Å². The molecule has 3 N–H and O–H groups in total. The van der Waals surface area contributed by atoms with Gasteiger partial charge in [-0.25, -0.2) is 0 Å². The molecule has 0 amide bonds. The highest BCUT2D eigenvalue weighted by Crippen LogP contribution is 2.14. The van der Waals surface area contributed by atoms with E-state index in [1.54, 1.807) is 31.0 Å². The molecule has 0 radical (unpaired) electrons. The second-order valence-corrected chi connectivity index (χ2v) is 2.95. The Kier molecular flexibility index (Phi) is 3.41. The second-order valence-electron chi connectivity index (χ2n) is 2.95. The fourth-order valence-electron chi connectivity index (χ4n) is 1.19. The van der Waals surface area contributed by atoms with Gasteiger partial charge in [-0.05, 0) is 13.1 Å². The maximum atomic E-state index is 9.64. The molecule has 1 heterocycles. The minimum absolute atomic E-state index is 0.354. The SMILES string of the molecule is CNCC(O)C(O)c1ccnn1C. The number of aryl methyl sites for hydroxylation is 1. The van der Waals surface area contributed by atoms with E-state index in [9.17, 15) is 10.2 Å². The molecule has 1 aromatic rings. The molecule has 5 nitrogen and oxygen atoms in total. The lowest BCUT2D eigenvalue weighted by molar-refractivity contribution is 0.0154. The summed E-state index contributed by atoms with van der Waals surface area (Å²) < 4.78 is 1.55. The van der Waals surface area contributed by atoms with Crippen molar-refractivity contribution in [1.29, 1.82) is 0 Å². The van der Waals surface area contributed by atoms with Crippen LogP contribution in [0.25, 0.3) is 0 Å². The van der Waals surface area contributed by atoms with Gasteiger partial charge in [-0.3, -0.25) is 4.68 Å². The van der Waals surface area contributed by atoms with Gasteiger partial charge in [0.05, 0.1) is 11.8 Å². The normalized spacial score (nSPS) is 15.7. The molecule has 0 aliphatic carbocycles. The average Bonchev–Trinajstić information content (AvgIpc) is 2.50. The van der Waals surface area contributed by atoms with Gasteiger partial charge in [-0.1, -0.05) is 0 Å². The number of likely N-dealkylation sites (N-methyl/N-ethyl adjacent to an activating group) is 1. The van der Waals surface area contributed by atoms with E-state index < -0.39 is 12.2 Å². The lowest BCUT2D eigenvalue weighted by atomic mass is 10.1. The van der Waals surface area contributed by atoms with Crippen molar-refractivity contribution in [2.24, 2.45) is 7.05 Å². The molecular formula is C8H15N3O2. The van der Waals surface area contributed by atoms with Crippen molar-refractivity contribution in [2.45, 2.75) is 12.2 Å². The summed E-state index contributed by atoms with van der Waals surface area (Å²) in [5.74, 6) is 0. The van der Waals surface area contributed by atoms with Crippen LogP contribution in [-0.4, -0.2) is 39.7 Å². The predicted octanol–water partition coefficient (Wildman–Crippen LogP) is -0.966. The van der Waals surface area contributed by atoms with Crippen LogP contribution in [0.3, 0.4) is 0 Å². The Bertz CT molecular complexity index is 262. The summed E-state index contributed by atoms with van der Waals surface area (Å²) in [5, 5.41) is 25.8. The minimum Gasteiger partial charge on any atom is -0.389 e. The molecule has 5 heteroatoms. The van der Waals surface area contributed by atoms with Crippen molar-refractivity contribution in [3.05, 3.63) is 18.0 Å². The Morgan fingerprint density at radius 2 is 2.31 bits per heavy atom. The number of hydrogen-bond acceptors (Lipinski definition) is 4. The summed E-state index contributed by atoms with van der Waals surface area (Å²) >= 11 is 0. The van der Waals surface area contributed by atoms with Crippen LogP contribution in [0.1, 0.15) is 11.8 Å². The van der Waals surface area contributed by atoms with Crippen LogP contribution >= 0.6 is 0 Å². The molecule has 2 atom stereocenters. The van der Waals surface area contributed by atoms with E-state index in [0.717, 1.165) is 0 Å². The number of aromatic nitrogens is 2. The number of nitrogens with zero attached hydrogens (tertiary/aromatic N) is 2. The van der Waals surface area contributed by atoms with E-state index >= 15 is 0 Å². The largest absolute Gasteiger partial charge is 0.389 e. The van der Waals surface area contributed by atoms with Crippen LogP contribution in [0, 0.1) is 0 Å². The van der Waals surface area contributed by atoms with E-state index in [1.807, 2.05) is 0 Å². The summed E-state index contributed by atoms with van der Waals surface area (Å²) in [6.07, 6.45) is -0.106. The van der Waals surface area contributed by atoms with Crippen molar-refractivity contribution in [3.8, 4) is 0 Å². The van der Waals surface area contributed by atoms with Gasteiger partial charge in [0, 0.05) is 19.8 Å². The first kappa shape index (κ1) is 10.2. The first-order valence-corrected chi connectivity index (χ1v) is 4.15. The molecule has 0 saturated carbocycles. The van der Waals surface area contributed by atoms with Gasteiger partial charge in [0.2, 0.25) is 0 Å². The van der Waals surface area contributed by atoms with Crippen molar-refractivity contribution in [3.63, 3.8) is 0 Å². The standard InChI is InChI=1S/C8H15N3O2/c1-9-5-7(12)8(13)6-3-4-10-11(6)2/h3-4,7-9,12-13H,5H2,1-2H3. The van der Waals surface area contributed by atoms with Crippen LogP contribution in [0.4, 0.5) is 0 Å². The summed E-state index contributed by atoms with van der Waals surface area (Å²) in [6, 6.07) is 1.68. The van der Waals surface area contributed by atoms with Crippen LogP contribution in [0.15, 0.2) is 12.3 Å². The molecule has 0 fully saturated rings. The van der Waals surface area contributed by atoms with E-state index in [0.29, 0.717) is 12.2 Å². The second kappa shape index (κ2) is 4.36. The zero-order valence-corrected chi connectivity index (χ0v) is 7.81. The molecule has 1 aromatic heterocycles. The van der Waals surface area contributed by atoms with Crippen LogP contribution < -0.4 is 5.32 Å². The first-order chi connectivity index (χ1) is 6.16. The summed E-state index contributed by atoms with van der Waals surface area (Å²) in [4.78, 5) is 0. The van der Waals surface area contributed by atoms with Gasteiger partial charge in [-0.15, -0.1) is 0 Å². The monoisotopic (exact) mass is 185 g/mol. The highest BCUT2D eigenvalue weighted by Gasteiger charge is 2.19. The van der Waals surface area contributed by atoms with Gasteiger partial charge in [0.1, 0.15) is 6.10 Å². The number of rotatable bonds is 4. The summed E-state index contributed by atoms with van der Waals surface area (Å²) in [5.41, 5.74) is 0.614. The first-order valence-electron chi connectivity index (χ1n) is 4.15. The Hall–Kier alpha value is -0.910. The van der Waals surface area contributed by atoms with Crippen molar-refractivity contribution >= 4 is 0 Å². The minimum atomic E-state index is -0.889. The third-order valence-electron chi connectivity index (χ3n) is 1.94. The maximum Gasteiger partial charge on any atom is 0.123 e. The van der Waals surface area contributed by atoms with E-state index in [2.05, 4.69) is 10.4 Å². The van der Waals surface area contributed by atoms with E-state index in [1.165, 1.54) is 0 Å². The Labute approximate surface area is 77.0 Å². The number of aliphatic hydroxyl groups excluding tert-OH is 2. The molecule has 74 valence electrons. The third kappa shape index (κ3) is 2.27. The topological polar surface area (TPSA) is 70.3 Å². The third-order valence-corrected chi connectivity index (χ3v) is 1.94. The molecule has 1 rings (SSSR count). The molecule has 0 spiro atoms. The van der Waals surface area contributed by atoms with Gasteiger partial charge >= 0.3 is 0 Å². The Morgan fingerprint density at radius 3 is 2.77 bits per heavy atom. The molecule has 0 aliphatic heterocycles. The summed E-state index contributed by atoms with van der Waals surface area (Å²) in [6.45, 7) is 0.354. The van der Waals surface area contributed by atoms with Crippen LogP contribution in [0.5, 0.6) is 0 Å². The lowest BCUT2D eigenvalue weighted by Crippen LogP contribution is -2.30. The van der Waals surface area contributed by atoms with Gasteiger partial charge in [-0.2, -0.15) is 5.10 Å². The number of hydrogen-bond donors (Lipinski definition) is 3. The maximum absolute atomic E-state index is 9.64. The molecular weight excluding hydrogens is 170 g/mol. The van der Waals surface area contributed by atoms with Gasteiger partial charge < -0.3 is 15.5 Å². The van der Waals surface area contributed by atoms with Crippen molar-refractivity contribution < 1.29 is 10.2 Å². The number of aliphatic hydroxyl groups is 2. The van der Waals surface area contributed by atoms with Gasteiger partial charge in [0.15, 0.2) is 0 Å². The number of nitrogens with one attached hydrogen (secondary N) is 1. The molecule has 13 heavy (non-hydrogen) atoms. The molecule has 2 unspecified atom stereocenters. The molecule has 0 aliphatic rings. The smallest absolute Gasteiger partial charge is 0.123 e. The van der Waals surface area contributed by atoms with Crippen molar-refractivity contribution in [2.75, 3.05) is 13.6 Å². The zero-order chi connectivity index (χ0) is 9.84. The molecule has 0 bridgehead atoms. The highest BCUT2D eigenvalue weighted by molar-refractivity contribution is 5.05. The summed E-state index contributed by atoms with van der Waals surface area (Å²) in [7, 11) is 3.45. The van der Waals surface area contributed by atoms with Gasteiger partial charge in [0.25, 0.3) is 0 Å².